The molecule has 1 aliphatic heterocycles. The van der Waals surface area contributed by atoms with Gasteiger partial charge >= 0.3 is 0 Å². The molecule has 2 rings (SSSR count). The average Bonchev–Trinajstić information content (AvgIpc) is 2.46. The maximum atomic E-state index is 5.89. The van der Waals surface area contributed by atoms with Gasteiger partial charge in [-0.15, -0.1) is 0 Å². The van der Waals surface area contributed by atoms with Gasteiger partial charge in [0, 0.05) is 12.6 Å². The van der Waals surface area contributed by atoms with Gasteiger partial charge in [-0.3, -0.25) is 0 Å². The van der Waals surface area contributed by atoms with Crippen LogP contribution >= 0.6 is 0 Å². The molecule has 1 aliphatic rings. The molecule has 0 spiro atoms. The van der Waals surface area contributed by atoms with Crippen LogP contribution in [0.4, 0.5) is 0 Å². The quantitative estimate of drug-likeness (QED) is 0.864. The Hall–Kier alpha value is -0.860. The van der Waals surface area contributed by atoms with E-state index in [2.05, 4.69) is 36.5 Å². The fourth-order valence-corrected chi connectivity index (χ4v) is 2.67. The summed E-state index contributed by atoms with van der Waals surface area (Å²) in [5, 5.41) is 3.42. The zero-order valence-electron chi connectivity index (χ0n) is 11.6. The maximum Gasteiger partial charge on any atom is 0.0731 e. The molecular formula is C16H25NO. The van der Waals surface area contributed by atoms with E-state index in [1.807, 2.05) is 7.05 Å². The first-order chi connectivity index (χ1) is 8.83. The first-order valence-corrected chi connectivity index (χ1v) is 7.20. The van der Waals surface area contributed by atoms with Crippen molar-refractivity contribution in [2.45, 2.75) is 51.2 Å². The molecule has 1 heterocycles. The van der Waals surface area contributed by atoms with Crippen molar-refractivity contribution < 1.29 is 4.74 Å². The highest BCUT2D eigenvalue weighted by Crippen LogP contribution is 2.18. The van der Waals surface area contributed by atoms with E-state index >= 15 is 0 Å². The summed E-state index contributed by atoms with van der Waals surface area (Å²) >= 11 is 0. The second-order valence-corrected chi connectivity index (χ2v) is 5.17. The topological polar surface area (TPSA) is 21.3 Å². The van der Waals surface area contributed by atoms with Crippen LogP contribution in [0.25, 0.3) is 0 Å². The minimum atomic E-state index is 0.384. The van der Waals surface area contributed by atoms with E-state index < -0.39 is 0 Å². The van der Waals surface area contributed by atoms with Crippen LogP contribution in [0, 0.1) is 0 Å². The highest BCUT2D eigenvalue weighted by Gasteiger charge is 2.23. The predicted octanol–water partition coefficient (Wildman–Crippen LogP) is 2.95. The lowest BCUT2D eigenvalue weighted by Crippen LogP contribution is -2.42. The normalized spacial score (nSPS) is 21.8. The van der Waals surface area contributed by atoms with Gasteiger partial charge in [-0.2, -0.15) is 0 Å². The van der Waals surface area contributed by atoms with Gasteiger partial charge in [0.1, 0.15) is 0 Å². The third kappa shape index (κ3) is 3.56. The van der Waals surface area contributed by atoms with E-state index in [1.165, 1.54) is 30.4 Å². The van der Waals surface area contributed by atoms with Crippen LogP contribution in [0.15, 0.2) is 24.3 Å². The molecule has 2 unspecified atom stereocenters. The third-order valence-corrected chi connectivity index (χ3v) is 3.92. The number of rotatable bonds is 5. The molecule has 100 valence electrons. The van der Waals surface area contributed by atoms with Crippen molar-refractivity contribution >= 4 is 0 Å². The highest BCUT2D eigenvalue weighted by molar-refractivity contribution is 5.23. The van der Waals surface area contributed by atoms with Gasteiger partial charge in [-0.25, -0.2) is 0 Å². The molecule has 1 fully saturated rings. The monoisotopic (exact) mass is 247 g/mol. The molecule has 1 aromatic carbocycles. The van der Waals surface area contributed by atoms with E-state index in [1.54, 1.807) is 0 Å². The van der Waals surface area contributed by atoms with Gasteiger partial charge in [-0.1, -0.05) is 31.2 Å². The number of hydrogen-bond acceptors (Lipinski definition) is 2. The van der Waals surface area contributed by atoms with Gasteiger partial charge < -0.3 is 10.1 Å². The number of benzene rings is 1. The molecule has 0 bridgehead atoms. The molecule has 2 nitrogen and oxygen atoms in total. The Morgan fingerprint density at radius 1 is 1.22 bits per heavy atom. The van der Waals surface area contributed by atoms with Gasteiger partial charge in [0.25, 0.3) is 0 Å². The zero-order valence-corrected chi connectivity index (χ0v) is 11.6. The SMILES string of the molecule is CCc1ccc(CC(NC)C2CCCCO2)cc1. The first-order valence-electron chi connectivity index (χ1n) is 7.20. The van der Waals surface area contributed by atoms with E-state index in [-0.39, 0.29) is 0 Å². The van der Waals surface area contributed by atoms with E-state index in [9.17, 15) is 0 Å². The van der Waals surface area contributed by atoms with Crippen molar-refractivity contribution in [3.05, 3.63) is 35.4 Å². The van der Waals surface area contributed by atoms with Crippen molar-refractivity contribution in [1.82, 2.24) is 5.32 Å². The fourth-order valence-electron chi connectivity index (χ4n) is 2.67. The summed E-state index contributed by atoms with van der Waals surface area (Å²) in [5.74, 6) is 0. The van der Waals surface area contributed by atoms with E-state index in [4.69, 9.17) is 4.74 Å². The molecule has 0 radical (unpaired) electrons. The fraction of sp³-hybridized carbons (Fsp3) is 0.625. The molecule has 1 N–H and O–H groups in total. The average molecular weight is 247 g/mol. The molecule has 1 aromatic rings. The Balaban J connectivity index is 1.95. The summed E-state index contributed by atoms with van der Waals surface area (Å²) in [7, 11) is 2.04. The lowest BCUT2D eigenvalue weighted by atomic mass is 9.95. The molecule has 2 heteroatoms. The van der Waals surface area contributed by atoms with E-state index in [0.29, 0.717) is 12.1 Å². The van der Waals surface area contributed by atoms with Crippen LogP contribution in [0.2, 0.25) is 0 Å². The maximum absolute atomic E-state index is 5.89. The Labute approximate surface area is 111 Å². The standard InChI is InChI=1S/C16H25NO/c1-3-13-7-9-14(10-8-13)12-15(17-2)16-6-4-5-11-18-16/h7-10,15-17H,3-6,11-12H2,1-2H3. The Morgan fingerprint density at radius 3 is 2.50 bits per heavy atom. The summed E-state index contributed by atoms with van der Waals surface area (Å²) in [5.41, 5.74) is 2.81. The van der Waals surface area contributed by atoms with Crippen LogP contribution in [0.5, 0.6) is 0 Å². The number of nitrogens with one attached hydrogen (secondary N) is 1. The number of ether oxygens (including phenoxy) is 1. The van der Waals surface area contributed by atoms with Crippen molar-refractivity contribution in [1.29, 1.82) is 0 Å². The second kappa shape index (κ2) is 6.91. The highest BCUT2D eigenvalue weighted by atomic mass is 16.5. The Kier molecular flexibility index (Phi) is 5.21. The lowest BCUT2D eigenvalue weighted by Gasteiger charge is -2.30. The van der Waals surface area contributed by atoms with Crippen molar-refractivity contribution in [2.75, 3.05) is 13.7 Å². The van der Waals surface area contributed by atoms with Crippen LogP contribution in [-0.2, 0) is 17.6 Å². The Bertz CT molecular complexity index is 341. The zero-order chi connectivity index (χ0) is 12.8. The molecule has 18 heavy (non-hydrogen) atoms. The van der Waals surface area contributed by atoms with Crippen LogP contribution < -0.4 is 5.32 Å². The molecule has 2 atom stereocenters. The van der Waals surface area contributed by atoms with Crippen LogP contribution in [0.1, 0.15) is 37.3 Å². The summed E-state index contributed by atoms with van der Waals surface area (Å²) in [6.45, 7) is 3.12. The second-order valence-electron chi connectivity index (χ2n) is 5.17. The third-order valence-electron chi connectivity index (χ3n) is 3.92. The summed E-state index contributed by atoms with van der Waals surface area (Å²) in [6, 6.07) is 9.43. The molecule has 0 amide bonds. The summed E-state index contributed by atoms with van der Waals surface area (Å²) in [4.78, 5) is 0. The van der Waals surface area contributed by atoms with Gasteiger partial charge in [0.2, 0.25) is 0 Å². The molecule has 0 aliphatic carbocycles. The van der Waals surface area contributed by atoms with Crippen LogP contribution in [0.3, 0.4) is 0 Å². The van der Waals surface area contributed by atoms with Crippen molar-refractivity contribution in [3.8, 4) is 0 Å². The van der Waals surface area contributed by atoms with Gasteiger partial charge in [-0.05, 0) is 50.3 Å². The van der Waals surface area contributed by atoms with E-state index in [0.717, 1.165) is 19.4 Å². The van der Waals surface area contributed by atoms with Crippen molar-refractivity contribution in [2.24, 2.45) is 0 Å². The lowest BCUT2D eigenvalue weighted by molar-refractivity contribution is -0.00587. The van der Waals surface area contributed by atoms with Gasteiger partial charge in [0.05, 0.1) is 6.10 Å². The molecule has 0 saturated carbocycles. The molecular weight excluding hydrogens is 222 g/mol. The van der Waals surface area contributed by atoms with Crippen molar-refractivity contribution in [3.63, 3.8) is 0 Å². The summed E-state index contributed by atoms with van der Waals surface area (Å²) < 4.78 is 5.89. The Morgan fingerprint density at radius 2 is 1.94 bits per heavy atom. The smallest absolute Gasteiger partial charge is 0.0731 e. The molecule has 0 aromatic heterocycles. The minimum absolute atomic E-state index is 0.384. The minimum Gasteiger partial charge on any atom is -0.377 e. The molecule has 1 saturated heterocycles. The number of likely N-dealkylation sites (N-methyl/N-ethyl adjacent to an activating group) is 1. The number of hydrogen-bond donors (Lipinski definition) is 1. The van der Waals surface area contributed by atoms with Gasteiger partial charge in [0.15, 0.2) is 0 Å². The summed E-state index contributed by atoms with van der Waals surface area (Å²) in [6.07, 6.45) is 6.27. The first kappa shape index (κ1) is 13.6. The van der Waals surface area contributed by atoms with Crippen LogP contribution in [-0.4, -0.2) is 25.8 Å². The number of aryl methyl sites for hydroxylation is 1. The predicted molar refractivity (Wildman–Crippen MR) is 76.0 cm³/mol. The largest absolute Gasteiger partial charge is 0.377 e.